The van der Waals surface area contributed by atoms with Crippen LogP contribution in [0.1, 0.15) is 52.0 Å². The molecule has 1 heterocycles. The summed E-state index contributed by atoms with van der Waals surface area (Å²) in [5.41, 5.74) is 0.708. The molecule has 0 spiro atoms. The van der Waals surface area contributed by atoms with Crippen LogP contribution in [0.15, 0.2) is 23.1 Å². The van der Waals surface area contributed by atoms with E-state index in [0.717, 1.165) is 12.8 Å². The quantitative estimate of drug-likeness (QED) is 0.695. The average molecular weight is 463 g/mol. The first-order valence-electron chi connectivity index (χ1n) is 11.3. The van der Waals surface area contributed by atoms with Crippen LogP contribution in [0.2, 0.25) is 0 Å². The van der Waals surface area contributed by atoms with Gasteiger partial charge in [-0.05, 0) is 38.0 Å². The van der Waals surface area contributed by atoms with Crippen LogP contribution in [0.3, 0.4) is 0 Å². The Hall–Kier alpha value is -2.08. The molecule has 1 aliphatic carbocycles. The number of benzene rings is 1. The summed E-state index contributed by atoms with van der Waals surface area (Å²) in [6, 6.07) is 4.37. The van der Waals surface area contributed by atoms with Crippen LogP contribution in [0.5, 0.6) is 5.75 Å². The SMILES string of the molecule is CC(=O)N(C)C[C@@H]1Oc2cc(C#CC3CCCC3)ccc2S(=O)(=O)N([C@@H](C)CO)C[C@H]1C. The number of sulfonamides is 1. The number of likely N-dealkylation sites (N-methyl/N-ethyl adjacent to an activating group) is 1. The third-order valence-corrected chi connectivity index (χ3v) is 8.45. The number of rotatable bonds is 4. The van der Waals surface area contributed by atoms with E-state index in [0.29, 0.717) is 18.0 Å². The minimum Gasteiger partial charge on any atom is -0.487 e. The summed E-state index contributed by atoms with van der Waals surface area (Å²) in [7, 11) is -2.18. The summed E-state index contributed by atoms with van der Waals surface area (Å²) in [6.07, 6.45) is 4.20. The normalized spacial score (nSPS) is 24.3. The van der Waals surface area contributed by atoms with Crippen LogP contribution >= 0.6 is 0 Å². The van der Waals surface area contributed by atoms with Crippen molar-refractivity contribution >= 4 is 15.9 Å². The van der Waals surface area contributed by atoms with Gasteiger partial charge in [0.15, 0.2) is 0 Å². The lowest BCUT2D eigenvalue weighted by molar-refractivity contribution is -0.129. The van der Waals surface area contributed by atoms with Gasteiger partial charge >= 0.3 is 0 Å². The molecular formula is C24H34N2O5S. The van der Waals surface area contributed by atoms with E-state index in [1.165, 1.54) is 24.1 Å². The molecule has 0 unspecified atom stereocenters. The molecule has 1 amide bonds. The van der Waals surface area contributed by atoms with E-state index < -0.39 is 22.2 Å². The maximum absolute atomic E-state index is 13.5. The standard InChI is InChI=1S/C24H34N2O5S/c1-17-14-26(18(2)16-27)32(29,30)24-12-11-21(10-9-20-7-5-6-8-20)13-22(24)31-23(17)15-25(4)19(3)28/h11-13,17-18,20,23,27H,5-8,14-16H2,1-4H3/t17-,18+,23+/m1/s1. The third kappa shape index (κ3) is 5.45. The summed E-state index contributed by atoms with van der Waals surface area (Å²) in [5.74, 6) is 6.83. The van der Waals surface area contributed by atoms with Gasteiger partial charge in [-0.2, -0.15) is 4.31 Å². The first kappa shape index (κ1) is 24.6. The number of hydrogen-bond donors (Lipinski definition) is 1. The van der Waals surface area contributed by atoms with Crippen LogP contribution in [-0.4, -0.2) is 67.5 Å². The lowest BCUT2D eigenvalue weighted by Gasteiger charge is -2.37. The molecular weight excluding hydrogens is 428 g/mol. The Morgan fingerprint density at radius 2 is 2.03 bits per heavy atom. The van der Waals surface area contributed by atoms with Gasteiger partial charge in [-0.3, -0.25) is 4.79 Å². The van der Waals surface area contributed by atoms with Crippen LogP contribution in [0.4, 0.5) is 0 Å². The van der Waals surface area contributed by atoms with Crippen molar-refractivity contribution in [1.29, 1.82) is 0 Å². The predicted molar refractivity (Wildman–Crippen MR) is 123 cm³/mol. The number of ether oxygens (including phenoxy) is 1. The largest absolute Gasteiger partial charge is 0.487 e. The molecule has 7 nitrogen and oxygen atoms in total. The molecule has 0 aromatic heterocycles. The topological polar surface area (TPSA) is 87.2 Å². The molecule has 0 saturated heterocycles. The average Bonchev–Trinajstić information content (AvgIpc) is 3.27. The van der Waals surface area contributed by atoms with Crippen molar-refractivity contribution in [1.82, 2.24) is 9.21 Å². The summed E-state index contributed by atoms with van der Waals surface area (Å²) < 4.78 is 34.5. The number of aliphatic hydroxyl groups excluding tert-OH is 1. The maximum atomic E-state index is 13.5. The number of carbonyl (C=O) groups is 1. The van der Waals surface area contributed by atoms with E-state index in [2.05, 4.69) is 11.8 Å². The van der Waals surface area contributed by atoms with Gasteiger partial charge < -0.3 is 14.7 Å². The van der Waals surface area contributed by atoms with Gasteiger partial charge in [0.05, 0.1) is 13.2 Å². The Morgan fingerprint density at radius 3 is 2.66 bits per heavy atom. The maximum Gasteiger partial charge on any atom is 0.247 e. The smallest absolute Gasteiger partial charge is 0.247 e. The second kappa shape index (κ2) is 10.2. The van der Waals surface area contributed by atoms with Crippen molar-refractivity contribution < 1.29 is 23.1 Å². The zero-order chi connectivity index (χ0) is 23.5. The monoisotopic (exact) mass is 462 g/mol. The van der Waals surface area contributed by atoms with Crippen molar-refractivity contribution in [2.75, 3.05) is 26.7 Å². The molecule has 1 N–H and O–H groups in total. The Labute approximate surface area is 191 Å². The Morgan fingerprint density at radius 1 is 1.34 bits per heavy atom. The number of hydrogen-bond acceptors (Lipinski definition) is 5. The Bertz CT molecular complexity index is 991. The third-order valence-electron chi connectivity index (χ3n) is 6.43. The van der Waals surface area contributed by atoms with Crippen molar-refractivity contribution in [2.24, 2.45) is 11.8 Å². The fraction of sp³-hybridized carbons (Fsp3) is 0.625. The summed E-state index contributed by atoms with van der Waals surface area (Å²) >= 11 is 0. The lowest BCUT2D eigenvalue weighted by Crippen LogP contribution is -2.50. The molecule has 0 radical (unpaired) electrons. The number of carbonyl (C=O) groups excluding carboxylic acids is 1. The highest BCUT2D eigenvalue weighted by Gasteiger charge is 2.38. The molecule has 1 aromatic carbocycles. The second-order valence-corrected chi connectivity index (χ2v) is 10.9. The van der Waals surface area contributed by atoms with E-state index in [-0.39, 0.29) is 35.6 Å². The zero-order valence-corrected chi connectivity index (χ0v) is 20.2. The van der Waals surface area contributed by atoms with Gasteiger partial charge in [0.1, 0.15) is 16.7 Å². The predicted octanol–water partition coefficient (Wildman–Crippen LogP) is 2.48. The van der Waals surface area contributed by atoms with Crippen molar-refractivity contribution in [2.45, 2.75) is 63.5 Å². The highest BCUT2D eigenvalue weighted by Crippen LogP contribution is 2.34. The first-order chi connectivity index (χ1) is 15.1. The second-order valence-electron chi connectivity index (χ2n) is 9.05. The number of aliphatic hydroxyl groups is 1. The minimum atomic E-state index is -3.88. The van der Waals surface area contributed by atoms with E-state index in [4.69, 9.17) is 4.74 Å². The lowest BCUT2D eigenvalue weighted by atomic mass is 10.0. The van der Waals surface area contributed by atoms with Crippen LogP contribution in [-0.2, 0) is 14.8 Å². The fourth-order valence-electron chi connectivity index (χ4n) is 4.18. The van der Waals surface area contributed by atoms with Gasteiger partial charge in [-0.15, -0.1) is 0 Å². The molecule has 3 rings (SSSR count). The van der Waals surface area contributed by atoms with Gasteiger partial charge in [0.2, 0.25) is 15.9 Å². The minimum absolute atomic E-state index is 0.0617. The number of amides is 1. The van der Waals surface area contributed by atoms with Gasteiger partial charge in [0.25, 0.3) is 0 Å². The summed E-state index contributed by atoms with van der Waals surface area (Å²) in [5, 5.41) is 9.71. The van der Waals surface area contributed by atoms with E-state index in [9.17, 15) is 18.3 Å². The molecule has 32 heavy (non-hydrogen) atoms. The van der Waals surface area contributed by atoms with Crippen LogP contribution in [0, 0.1) is 23.7 Å². The van der Waals surface area contributed by atoms with E-state index in [1.54, 1.807) is 37.1 Å². The number of fused-ring (bicyclic) bond motifs is 1. The molecule has 8 heteroatoms. The Balaban J connectivity index is 2.04. The molecule has 1 saturated carbocycles. The fourth-order valence-corrected chi connectivity index (χ4v) is 6.00. The molecule has 0 bridgehead atoms. The van der Waals surface area contributed by atoms with E-state index in [1.807, 2.05) is 6.92 Å². The highest BCUT2D eigenvalue weighted by molar-refractivity contribution is 7.89. The highest BCUT2D eigenvalue weighted by atomic mass is 32.2. The first-order valence-corrected chi connectivity index (χ1v) is 12.7. The molecule has 176 valence electrons. The molecule has 3 atom stereocenters. The van der Waals surface area contributed by atoms with Gasteiger partial charge in [-0.25, -0.2) is 8.42 Å². The van der Waals surface area contributed by atoms with Crippen molar-refractivity contribution in [3.05, 3.63) is 23.8 Å². The molecule has 1 fully saturated rings. The summed E-state index contributed by atoms with van der Waals surface area (Å²) in [6.45, 7) is 5.30. The molecule has 1 aliphatic heterocycles. The number of nitrogens with zero attached hydrogens (tertiary/aromatic N) is 2. The van der Waals surface area contributed by atoms with Crippen molar-refractivity contribution in [3.8, 4) is 17.6 Å². The van der Waals surface area contributed by atoms with Crippen molar-refractivity contribution in [3.63, 3.8) is 0 Å². The van der Waals surface area contributed by atoms with Crippen LogP contribution < -0.4 is 4.74 Å². The Kier molecular flexibility index (Phi) is 7.86. The van der Waals surface area contributed by atoms with E-state index >= 15 is 0 Å². The summed E-state index contributed by atoms with van der Waals surface area (Å²) in [4.78, 5) is 13.5. The molecule has 2 aliphatic rings. The van der Waals surface area contributed by atoms with Gasteiger partial charge in [0, 0.05) is 44.0 Å². The van der Waals surface area contributed by atoms with Gasteiger partial charge in [-0.1, -0.05) is 31.6 Å². The molecule has 1 aromatic rings. The van der Waals surface area contributed by atoms with Crippen LogP contribution in [0.25, 0.3) is 0 Å². The zero-order valence-electron chi connectivity index (χ0n) is 19.4.